The number of amides is 1. The van der Waals surface area contributed by atoms with Crippen molar-refractivity contribution in [2.45, 2.75) is 53.9 Å². The van der Waals surface area contributed by atoms with E-state index in [4.69, 9.17) is 0 Å². The summed E-state index contributed by atoms with van der Waals surface area (Å²) in [4.78, 5) is 13.6. The average molecular weight is 213 g/mol. The maximum absolute atomic E-state index is 11.7. The van der Waals surface area contributed by atoms with Crippen LogP contribution in [0.4, 0.5) is 0 Å². The van der Waals surface area contributed by atoms with Crippen molar-refractivity contribution in [2.75, 3.05) is 13.6 Å². The minimum atomic E-state index is 0.285. The van der Waals surface area contributed by atoms with Gasteiger partial charge in [0, 0.05) is 20.0 Å². The van der Waals surface area contributed by atoms with Crippen LogP contribution >= 0.6 is 0 Å². The molecule has 0 aliphatic heterocycles. The Morgan fingerprint density at radius 3 is 2.20 bits per heavy atom. The van der Waals surface area contributed by atoms with Crippen LogP contribution in [-0.2, 0) is 4.79 Å². The Morgan fingerprint density at radius 2 is 1.80 bits per heavy atom. The van der Waals surface area contributed by atoms with E-state index in [9.17, 15) is 4.79 Å². The van der Waals surface area contributed by atoms with Crippen LogP contribution in [0.2, 0.25) is 0 Å². The molecule has 2 nitrogen and oxygen atoms in total. The minimum absolute atomic E-state index is 0.285. The molecule has 0 rings (SSSR count). The van der Waals surface area contributed by atoms with Crippen molar-refractivity contribution in [1.82, 2.24) is 4.90 Å². The molecule has 0 radical (unpaired) electrons. The molecule has 0 saturated carbocycles. The highest BCUT2D eigenvalue weighted by Crippen LogP contribution is 2.18. The van der Waals surface area contributed by atoms with Gasteiger partial charge in [-0.25, -0.2) is 0 Å². The fourth-order valence-electron chi connectivity index (χ4n) is 1.23. The highest BCUT2D eigenvalue weighted by Gasteiger charge is 2.14. The van der Waals surface area contributed by atoms with Crippen LogP contribution in [0.5, 0.6) is 0 Å². The molecule has 1 amide bonds. The third-order valence-electron chi connectivity index (χ3n) is 2.56. The van der Waals surface area contributed by atoms with Crippen LogP contribution in [0.15, 0.2) is 0 Å². The molecular weight excluding hydrogens is 186 g/mol. The lowest BCUT2D eigenvalue weighted by Crippen LogP contribution is -2.30. The first-order chi connectivity index (χ1) is 6.72. The van der Waals surface area contributed by atoms with Gasteiger partial charge in [-0.05, 0) is 24.2 Å². The first-order valence-electron chi connectivity index (χ1n) is 5.96. The minimum Gasteiger partial charge on any atom is -0.346 e. The molecule has 0 heterocycles. The van der Waals surface area contributed by atoms with E-state index in [-0.39, 0.29) is 5.91 Å². The number of carbonyl (C=O) groups is 1. The van der Waals surface area contributed by atoms with Crippen LogP contribution in [-0.4, -0.2) is 24.4 Å². The normalized spacial score (nSPS) is 11.9. The summed E-state index contributed by atoms with van der Waals surface area (Å²) >= 11 is 0. The van der Waals surface area contributed by atoms with Gasteiger partial charge in [0.2, 0.25) is 5.91 Å². The van der Waals surface area contributed by atoms with Crippen molar-refractivity contribution in [3.8, 4) is 0 Å². The first-order valence-corrected chi connectivity index (χ1v) is 5.96. The molecule has 0 aliphatic carbocycles. The summed E-state index contributed by atoms with van der Waals surface area (Å²) in [6.45, 7) is 11.8. The Bertz CT molecular complexity index is 191. The standard InChI is InChI=1S/C13H27NO/c1-11(2)7-8-12(15)14(6)10-9-13(3,4)5/h11H,7-10H2,1-6H3. The summed E-state index contributed by atoms with van der Waals surface area (Å²) in [5.74, 6) is 0.901. The quantitative estimate of drug-likeness (QED) is 0.686. The fraction of sp³-hybridized carbons (Fsp3) is 0.923. The number of carbonyl (C=O) groups excluding carboxylic acids is 1. The lowest BCUT2D eigenvalue weighted by molar-refractivity contribution is -0.130. The number of hydrogen-bond acceptors (Lipinski definition) is 1. The molecule has 0 aliphatic rings. The summed E-state index contributed by atoms with van der Waals surface area (Å²) in [6, 6.07) is 0. The monoisotopic (exact) mass is 213 g/mol. The number of nitrogens with zero attached hydrogens (tertiary/aromatic N) is 1. The van der Waals surface area contributed by atoms with Crippen LogP contribution < -0.4 is 0 Å². The summed E-state index contributed by atoms with van der Waals surface area (Å²) in [7, 11) is 1.91. The summed E-state index contributed by atoms with van der Waals surface area (Å²) < 4.78 is 0. The third kappa shape index (κ3) is 8.46. The summed E-state index contributed by atoms with van der Waals surface area (Å²) in [6.07, 6.45) is 2.76. The molecule has 90 valence electrons. The fourth-order valence-corrected chi connectivity index (χ4v) is 1.23. The molecule has 0 bridgehead atoms. The van der Waals surface area contributed by atoms with Gasteiger partial charge >= 0.3 is 0 Å². The van der Waals surface area contributed by atoms with E-state index >= 15 is 0 Å². The van der Waals surface area contributed by atoms with Gasteiger partial charge in [0.1, 0.15) is 0 Å². The van der Waals surface area contributed by atoms with Gasteiger partial charge in [0.15, 0.2) is 0 Å². The summed E-state index contributed by atoms with van der Waals surface area (Å²) in [5, 5.41) is 0. The van der Waals surface area contributed by atoms with Crippen LogP contribution in [0.3, 0.4) is 0 Å². The second kappa shape index (κ2) is 6.14. The maximum atomic E-state index is 11.7. The Labute approximate surface area is 95.0 Å². The van der Waals surface area contributed by atoms with Crippen molar-refractivity contribution >= 4 is 5.91 Å². The van der Waals surface area contributed by atoms with Gasteiger partial charge in [0.05, 0.1) is 0 Å². The Morgan fingerprint density at radius 1 is 1.27 bits per heavy atom. The zero-order chi connectivity index (χ0) is 12.1. The van der Waals surface area contributed by atoms with Gasteiger partial charge in [-0.1, -0.05) is 34.6 Å². The molecular formula is C13H27NO. The van der Waals surface area contributed by atoms with Gasteiger partial charge in [-0.3, -0.25) is 4.79 Å². The van der Waals surface area contributed by atoms with E-state index in [2.05, 4.69) is 34.6 Å². The van der Waals surface area contributed by atoms with Crippen LogP contribution in [0, 0.1) is 11.3 Å². The highest BCUT2D eigenvalue weighted by atomic mass is 16.2. The van der Waals surface area contributed by atoms with Gasteiger partial charge in [0.25, 0.3) is 0 Å². The van der Waals surface area contributed by atoms with Crippen molar-refractivity contribution in [3.63, 3.8) is 0 Å². The molecule has 2 heteroatoms. The topological polar surface area (TPSA) is 20.3 Å². The van der Waals surface area contributed by atoms with E-state index in [1.165, 1.54) is 0 Å². The number of hydrogen-bond donors (Lipinski definition) is 0. The molecule has 0 saturated heterocycles. The lowest BCUT2D eigenvalue weighted by Gasteiger charge is -2.23. The Kier molecular flexibility index (Phi) is 5.92. The predicted molar refractivity (Wildman–Crippen MR) is 65.8 cm³/mol. The van der Waals surface area contributed by atoms with E-state index < -0.39 is 0 Å². The predicted octanol–water partition coefficient (Wildman–Crippen LogP) is 3.32. The average Bonchev–Trinajstić information content (AvgIpc) is 2.08. The van der Waals surface area contributed by atoms with Crippen molar-refractivity contribution < 1.29 is 4.79 Å². The van der Waals surface area contributed by atoms with E-state index in [0.717, 1.165) is 19.4 Å². The molecule has 15 heavy (non-hydrogen) atoms. The molecule has 0 atom stereocenters. The maximum Gasteiger partial charge on any atom is 0.222 e. The van der Waals surface area contributed by atoms with Crippen molar-refractivity contribution in [1.29, 1.82) is 0 Å². The highest BCUT2D eigenvalue weighted by molar-refractivity contribution is 5.75. The van der Waals surface area contributed by atoms with Crippen molar-refractivity contribution in [2.24, 2.45) is 11.3 Å². The molecule has 0 aromatic rings. The molecule has 0 fully saturated rings. The second-order valence-corrected chi connectivity index (χ2v) is 6.06. The summed E-state index contributed by atoms with van der Waals surface area (Å²) in [5.41, 5.74) is 0.312. The molecule has 0 N–H and O–H groups in total. The third-order valence-corrected chi connectivity index (χ3v) is 2.56. The van der Waals surface area contributed by atoms with Gasteiger partial charge in [-0.2, -0.15) is 0 Å². The zero-order valence-corrected chi connectivity index (χ0v) is 11.3. The smallest absolute Gasteiger partial charge is 0.222 e. The van der Waals surface area contributed by atoms with Crippen LogP contribution in [0.25, 0.3) is 0 Å². The van der Waals surface area contributed by atoms with Gasteiger partial charge < -0.3 is 4.90 Å². The molecule has 0 unspecified atom stereocenters. The SMILES string of the molecule is CC(C)CCC(=O)N(C)CCC(C)(C)C. The van der Waals surface area contributed by atoms with Gasteiger partial charge in [-0.15, -0.1) is 0 Å². The molecule has 0 aromatic heterocycles. The van der Waals surface area contributed by atoms with Crippen molar-refractivity contribution in [3.05, 3.63) is 0 Å². The lowest BCUT2D eigenvalue weighted by atomic mass is 9.92. The zero-order valence-electron chi connectivity index (χ0n) is 11.3. The van der Waals surface area contributed by atoms with E-state index in [1.54, 1.807) is 0 Å². The largest absolute Gasteiger partial charge is 0.346 e. The first kappa shape index (κ1) is 14.5. The van der Waals surface area contributed by atoms with E-state index in [0.29, 0.717) is 17.8 Å². The van der Waals surface area contributed by atoms with E-state index in [1.807, 2.05) is 11.9 Å². The Hall–Kier alpha value is -0.530. The van der Waals surface area contributed by atoms with Crippen LogP contribution in [0.1, 0.15) is 53.9 Å². The molecule has 0 spiro atoms. The Balaban J connectivity index is 3.79. The second-order valence-electron chi connectivity index (χ2n) is 6.06. The molecule has 0 aromatic carbocycles. The number of rotatable bonds is 5.